The van der Waals surface area contributed by atoms with Crippen molar-refractivity contribution in [1.82, 2.24) is 20.1 Å². The molecule has 166 valence electrons. The van der Waals surface area contributed by atoms with E-state index in [1.807, 2.05) is 36.4 Å². The van der Waals surface area contributed by atoms with Crippen LogP contribution < -0.4 is 10.6 Å². The summed E-state index contributed by atoms with van der Waals surface area (Å²) in [6, 6.07) is 13.2. The molecule has 1 amide bonds. The number of aliphatic carboxylic acids is 1. The molecule has 0 spiro atoms. The number of fused-ring (bicyclic) bond motifs is 1. The molecular formula is C24H27N5O3. The molecule has 0 radical (unpaired) electrons. The Balaban J connectivity index is 1.35. The van der Waals surface area contributed by atoms with Gasteiger partial charge in [-0.1, -0.05) is 36.4 Å². The van der Waals surface area contributed by atoms with E-state index in [9.17, 15) is 14.7 Å². The van der Waals surface area contributed by atoms with Crippen LogP contribution in [0.2, 0.25) is 0 Å². The van der Waals surface area contributed by atoms with Gasteiger partial charge in [-0.2, -0.15) is 5.10 Å². The molecule has 0 aliphatic carbocycles. The highest BCUT2D eigenvalue weighted by molar-refractivity contribution is 5.94. The Hall–Kier alpha value is -3.68. The van der Waals surface area contributed by atoms with Gasteiger partial charge in [-0.05, 0) is 36.5 Å². The van der Waals surface area contributed by atoms with Gasteiger partial charge in [-0.15, -0.1) is 0 Å². The van der Waals surface area contributed by atoms with Crippen LogP contribution in [0, 0.1) is 0 Å². The number of carboxylic acids is 1. The maximum atomic E-state index is 12.7. The van der Waals surface area contributed by atoms with E-state index in [0.717, 1.165) is 36.5 Å². The highest BCUT2D eigenvalue weighted by Gasteiger charge is 2.19. The zero-order chi connectivity index (χ0) is 22.3. The van der Waals surface area contributed by atoms with E-state index in [1.165, 1.54) is 11.8 Å². The minimum Gasteiger partial charge on any atom is -0.481 e. The van der Waals surface area contributed by atoms with Crippen molar-refractivity contribution in [2.24, 2.45) is 0 Å². The number of pyridine rings is 1. The number of carboxylic acid groups (broad SMARTS) is 1. The number of hydrogen-bond donors (Lipinski definition) is 3. The fourth-order valence-electron chi connectivity index (χ4n) is 3.89. The van der Waals surface area contributed by atoms with E-state index >= 15 is 0 Å². The first-order valence-electron chi connectivity index (χ1n) is 10.9. The van der Waals surface area contributed by atoms with Crippen molar-refractivity contribution < 1.29 is 14.7 Å². The van der Waals surface area contributed by atoms with Crippen LogP contribution in [0.3, 0.4) is 0 Å². The fraction of sp³-hybridized carbons (Fsp3) is 0.333. The molecule has 2 aromatic heterocycles. The quantitative estimate of drug-likeness (QED) is 0.479. The van der Waals surface area contributed by atoms with Gasteiger partial charge in [0.15, 0.2) is 0 Å². The van der Waals surface area contributed by atoms with Crippen LogP contribution in [0.4, 0.5) is 5.82 Å². The van der Waals surface area contributed by atoms with Gasteiger partial charge in [0.05, 0.1) is 18.2 Å². The summed E-state index contributed by atoms with van der Waals surface area (Å²) in [5.74, 6) is -0.305. The molecule has 8 heteroatoms. The van der Waals surface area contributed by atoms with Crippen LogP contribution in [0.15, 0.2) is 54.9 Å². The monoisotopic (exact) mass is 433 g/mol. The van der Waals surface area contributed by atoms with Gasteiger partial charge in [0.1, 0.15) is 5.82 Å². The average Bonchev–Trinajstić information content (AvgIpc) is 3.27. The lowest BCUT2D eigenvalue weighted by Crippen LogP contribution is -2.38. The Bertz CT molecular complexity index is 1080. The Kier molecular flexibility index (Phi) is 6.79. The van der Waals surface area contributed by atoms with E-state index in [4.69, 9.17) is 0 Å². The van der Waals surface area contributed by atoms with Gasteiger partial charge in [0, 0.05) is 37.4 Å². The highest BCUT2D eigenvalue weighted by Crippen LogP contribution is 2.20. The van der Waals surface area contributed by atoms with Crippen molar-refractivity contribution in [2.45, 2.75) is 44.7 Å². The summed E-state index contributed by atoms with van der Waals surface area (Å²) in [4.78, 5) is 28.6. The summed E-state index contributed by atoms with van der Waals surface area (Å²) in [6.07, 6.45) is 6.39. The minimum absolute atomic E-state index is 0.146. The van der Waals surface area contributed by atoms with Gasteiger partial charge < -0.3 is 15.7 Å². The number of aryl methyl sites for hydroxylation is 3. The first kappa shape index (κ1) is 21.5. The SMILES string of the molecule is O=C(O)CC(Cc1ccccc1)NC(=O)c1cnn(CCc2ccc3c(n2)NCCC3)c1. The van der Waals surface area contributed by atoms with Crippen LogP contribution in [0.1, 0.15) is 40.0 Å². The molecule has 0 saturated heterocycles. The molecule has 1 aromatic carbocycles. The number of amides is 1. The topological polar surface area (TPSA) is 109 Å². The Labute approximate surface area is 186 Å². The molecule has 1 unspecified atom stereocenters. The molecule has 0 bridgehead atoms. The molecule has 32 heavy (non-hydrogen) atoms. The van der Waals surface area contributed by atoms with Gasteiger partial charge >= 0.3 is 5.97 Å². The Morgan fingerprint density at radius 2 is 2.03 bits per heavy atom. The average molecular weight is 434 g/mol. The van der Waals surface area contributed by atoms with Crippen LogP contribution in [0.25, 0.3) is 0 Å². The maximum absolute atomic E-state index is 12.7. The van der Waals surface area contributed by atoms with Crippen molar-refractivity contribution in [2.75, 3.05) is 11.9 Å². The van der Waals surface area contributed by atoms with Gasteiger partial charge in [-0.25, -0.2) is 4.98 Å². The Morgan fingerprint density at radius 3 is 2.84 bits per heavy atom. The van der Waals surface area contributed by atoms with Crippen LogP contribution in [-0.4, -0.2) is 44.3 Å². The third-order valence-corrected chi connectivity index (χ3v) is 5.53. The predicted molar refractivity (Wildman–Crippen MR) is 121 cm³/mol. The fourth-order valence-corrected chi connectivity index (χ4v) is 3.89. The van der Waals surface area contributed by atoms with Crippen molar-refractivity contribution in [3.63, 3.8) is 0 Å². The minimum atomic E-state index is -0.950. The zero-order valence-corrected chi connectivity index (χ0v) is 17.8. The van der Waals surface area contributed by atoms with Crippen molar-refractivity contribution in [1.29, 1.82) is 0 Å². The first-order chi connectivity index (χ1) is 15.6. The smallest absolute Gasteiger partial charge is 0.305 e. The predicted octanol–water partition coefficient (Wildman–Crippen LogP) is 2.69. The summed E-state index contributed by atoms with van der Waals surface area (Å²) >= 11 is 0. The highest BCUT2D eigenvalue weighted by atomic mass is 16.4. The number of nitrogens with zero attached hydrogens (tertiary/aromatic N) is 3. The molecule has 1 atom stereocenters. The molecule has 4 rings (SSSR count). The van der Waals surface area contributed by atoms with Gasteiger partial charge in [-0.3, -0.25) is 14.3 Å². The van der Waals surface area contributed by atoms with Crippen LogP contribution >= 0.6 is 0 Å². The number of benzene rings is 1. The third kappa shape index (κ3) is 5.72. The second kappa shape index (κ2) is 10.1. The lowest BCUT2D eigenvalue weighted by Gasteiger charge is -2.17. The van der Waals surface area contributed by atoms with E-state index in [0.29, 0.717) is 24.9 Å². The lowest BCUT2D eigenvalue weighted by atomic mass is 10.0. The summed E-state index contributed by atoms with van der Waals surface area (Å²) < 4.78 is 1.72. The van der Waals surface area contributed by atoms with E-state index in [2.05, 4.69) is 26.8 Å². The van der Waals surface area contributed by atoms with E-state index in [-0.39, 0.29) is 12.3 Å². The number of carbonyl (C=O) groups excluding carboxylic acids is 1. The first-order valence-corrected chi connectivity index (χ1v) is 10.9. The van der Waals surface area contributed by atoms with Crippen LogP contribution in [-0.2, 0) is 30.6 Å². The number of anilines is 1. The molecule has 1 aliphatic rings. The number of hydrogen-bond acceptors (Lipinski definition) is 5. The number of carbonyl (C=O) groups is 2. The van der Waals surface area contributed by atoms with E-state index < -0.39 is 12.0 Å². The maximum Gasteiger partial charge on any atom is 0.305 e. The molecule has 3 N–H and O–H groups in total. The zero-order valence-electron chi connectivity index (χ0n) is 17.8. The summed E-state index contributed by atoms with van der Waals surface area (Å²) in [7, 11) is 0. The second-order valence-electron chi connectivity index (χ2n) is 8.04. The summed E-state index contributed by atoms with van der Waals surface area (Å²) in [6.45, 7) is 1.55. The molecule has 3 aromatic rings. The van der Waals surface area contributed by atoms with Crippen molar-refractivity contribution in [3.05, 3.63) is 77.2 Å². The number of rotatable bonds is 9. The largest absolute Gasteiger partial charge is 0.481 e. The van der Waals surface area contributed by atoms with Crippen LogP contribution in [0.5, 0.6) is 0 Å². The van der Waals surface area contributed by atoms with E-state index in [1.54, 1.807) is 10.9 Å². The summed E-state index contributed by atoms with van der Waals surface area (Å²) in [5, 5.41) is 19.7. The Morgan fingerprint density at radius 1 is 1.19 bits per heavy atom. The summed E-state index contributed by atoms with van der Waals surface area (Å²) in [5.41, 5.74) is 3.61. The number of aromatic nitrogens is 3. The third-order valence-electron chi connectivity index (χ3n) is 5.53. The molecule has 8 nitrogen and oxygen atoms in total. The molecule has 3 heterocycles. The number of nitrogens with one attached hydrogen (secondary N) is 2. The molecule has 0 saturated carbocycles. The van der Waals surface area contributed by atoms with Crippen molar-refractivity contribution in [3.8, 4) is 0 Å². The normalized spacial score (nSPS) is 13.6. The van der Waals surface area contributed by atoms with Gasteiger partial charge in [0.25, 0.3) is 5.91 Å². The molecule has 0 fully saturated rings. The molecule has 1 aliphatic heterocycles. The van der Waals surface area contributed by atoms with Gasteiger partial charge in [0.2, 0.25) is 0 Å². The van der Waals surface area contributed by atoms with Crippen molar-refractivity contribution >= 4 is 17.7 Å². The molecular weight excluding hydrogens is 406 g/mol. The second-order valence-corrected chi connectivity index (χ2v) is 8.04. The lowest BCUT2D eigenvalue weighted by molar-refractivity contribution is -0.137. The standard InChI is InChI=1S/C24H27N5O3/c30-22(31)14-21(13-17-5-2-1-3-6-17)28-24(32)19-15-26-29(16-19)12-10-20-9-8-18-7-4-11-25-23(18)27-20/h1-3,5-6,8-9,15-16,21H,4,7,10-14H2,(H,25,27)(H,28,32)(H,30,31).